The lowest BCUT2D eigenvalue weighted by atomic mass is 9.99. The van der Waals surface area contributed by atoms with Crippen molar-refractivity contribution in [2.45, 2.75) is 31.2 Å². The molecule has 1 aliphatic heterocycles. The van der Waals surface area contributed by atoms with Gasteiger partial charge in [-0.25, -0.2) is 8.78 Å². The topological polar surface area (TPSA) is 32.3 Å². The van der Waals surface area contributed by atoms with Crippen molar-refractivity contribution in [2.24, 2.45) is 0 Å². The van der Waals surface area contributed by atoms with Gasteiger partial charge in [0.2, 0.25) is 0 Å². The van der Waals surface area contributed by atoms with E-state index in [0.717, 1.165) is 19.4 Å². The number of nitrogens with one attached hydrogen (secondary N) is 1. The standard InChI is InChI=1S/C12H15F2NO/c13-12(14,8-9-4-3-7-15-9)10-5-1-2-6-11(10)16/h1-2,5-6,9,15-16H,3-4,7-8H2. The Labute approximate surface area is 93.3 Å². The van der Waals surface area contributed by atoms with Crippen LogP contribution in [0.15, 0.2) is 24.3 Å². The zero-order valence-electron chi connectivity index (χ0n) is 8.92. The minimum atomic E-state index is -2.96. The second-order valence-electron chi connectivity index (χ2n) is 4.22. The average Bonchev–Trinajstić information content (AvgIpc) is 2.70. The molecule has 0 aromatic heterocycles. The monoisotopic (exact) mass is 227 g/mol. The molecule has 2 rings (SSSR count). The van der Waals surface area contributed by atoms with E-state index in [4.69, 9.17) is 0 Å². The van der Waals surface area contributed by atoms with Gasteiger partial charge in [0.05, 0.1) is 5.56 Å². The van der Waals surface area contributed by atoms with E-state index >= 15 is 0 Å². The molecule has 4 heteroatoms. The molecule has 1 atom stereocenters. The maximum atomic E-state index is 13.9. The number of aromatic hydroxyl groups is 1. The zero-order chi connectivity index (χ0) is 11.6. The van der Waals surface area contributed by atoms with Crippen LogP contribution in [0.25, 0.3) is 0 Å². The predicted molar refractivity (Wildman–Crippen MR) is 57.6 cm³/mol. The Kier molecular flexibility index (Phi) is 3.10. The second-order valence-corrected chi connectivity index (χ2v) is 4.22. The molecule has 0 saturated carbocycles. The summed E-state index contributed by atoms with van der Waals surface area (Å²) in [6, 6.07) is 5.50. The van der Waals surface area contributed by atoms with Crippen LogP contribution in [0, 0.1) is 0 Å². The number of hydrogen-bond acceptors (Lipinski definition) is 2. The lowest BCUT2D eigenvalue weighted by Crippen LogP contribution is -2.29. The molecular formula is C12H15F2NO. The number of para-hydroxylation sites is 1. The summed E-state index contributed by atoms with van der Waals surface area (Å²) in [6.07, 6.45) is 1.48. The van der Waals surface area contributed by atoms with Crippen LogP contribution in [-0.2, 0) is 5.92 Å². The zero-order valence-corrected chi connectivity index (χ0v) is 8.92. The van der Waals surface area contributed by atoms with Gasteiger partial charge in [-0.05, 0) is 31.5 Å². The van der Waals surface area contributed by atoms with Gasteiger partial charge in [-0.3, -0.25) is 0 Å². The number of hydrogen-bond donors (Lipinski definition) is 2. The first kappa shape index (κ1) is 11.3. The molecule has 1 unspecified atom stereocenters. The van der Waals surface area contributed by atoms with Gasteiger partial charge >= 0.3 is 0 Å². The minimum absolute atomic E-state index is 0.144. The van der Waals surface area contributed by atoms with E-state index < -0.39 is 5.92 Å². The van der Waals surface area contributed by atoms with Crippen LogP contribution in [0.3, 0.4) is 0 Å². The highest BCUT2D eigenvalue weighted by atomic mass is 19.3. The van der Waals surface area contributed by atoms with Crippen LogP contribution in [-0.4, -0.2) is 17.7 Å². The molecule has 16 heavy (non-hydrogen) atoms. The Bertz CT molecular complexity index is 362. The van der Waals surface area contributed by atoms with Crippen LogP contribution < -0.4 is 5.32 Å². The highest BCUT2D eigenvalue weighted by molar-refractivity contribution is 5.35. The quantitative estimate of drug-likeness (QED) is 0.832. The molecule has 2 N–H and O–H groups in total. The fourth-order valence-corrected chi connectivity index (χ4v) is 2.13. The predicted octanol–water partition coefficient (Wildman–Crippen LogP) is 2.63. The average molecular weight is 227 g/mol. The van der Waals surface area contributed by atoms with Crippen molar-refractivity contribution in [2.75, 3.05) is 6.54 Å². The summed E-state index contributed by atoms with van der Waals surface area (Å²) in [7, 11) is 0. The number of alkyl halides is 2. The van der Waals surface area contributed by atoms with Crippen LogP contribution in [0.4, 0.5) is 8.78 Å². The third-order valence-electron chi connectivity index (χ3n) is 2.96. The number of halogens is 2. The Morgan fingerprint density at radius 2 is 2.12 bits per heavy atom. The SMILES string of the molecule is Oc1ccccc1C(F)(F)CC1CCCN1. The molecule has 1 heterocycles. The van der Waals surface area contributed by atoms with Crippen LogP contribution in [0.5, 0.6) is 5.75 Å². The smallest absolute Gasteiger partial charge is 0.278 e. The van der Waals surface area contributed by atoms with E-state index in [1.54, 1.807) is 6.07 Å². The molecule has 2 nitrogen and oxygen atoms in total. The third-order valence-corrected chi connectivity index (χ3v) is 2.96. The fourth-order valence-electron chi connectivity index (χ4n) is 2.13. The highest BCUT2D eigenvalue weighted by Crippen LogP contribution is 2.38. The maximum absolute atomic E-state index is 13.9. The van der Waals surface area contributed by atoms with Gasteiger partial charge in [0, 0.05) is 12.5 Å². The Balaban J connectivity index is 2.14. The Morgan fingerprint density at radius 1 is 1.38 bits per heavy atom. The molecular weight excluding hydrogens is 212 g/mol. The van der Waals surface area contributed by atoms with Crippen LogP contribution >= 0.6 is 0 Å². The van der Waals surface area contributed by atoms with Crippen molar-refractivity contribution < 1.29 is 13.9 Å². The van der Waals surface area contributed by atoms with Gasteiger partial charge in [-0.2, -0.15) is 0 Å². The first-order valence-electron chi connectivity index (χ1n) is 5.49. The lowest BCUT2D eigenvalue weighted by molar-refractivity contribution is -0.0232. The lowest BCUT2D eigenvalue weighted by Gasteiger charge is -2.21. The largest absolute Gasteiger partial charge is 0.507 e. The van der Waals surface area contributed by atoms with Crippen molar-refractivity contribution in [3.8, 4) is 5.75 Å². The van der Waals surface area contributed by atoms with Gasteiger partial charge in [0.1, 0.15) is 5.75 Å². The molecule has 0 radical (unpaired) electrons. The Hall–Kier alpha value is -1.16. The van der Waals surface area contributed by atoms with E-state index in [-0.39, 0.29) is 23.8 Å². The molecule has 1 aromatic carbocycles. The van der Waals surface area contributed by atoms with Crippen molar-refractivity contribution in [1.29, 1.82) is 0 Å². The van der Waals surface area contributed by atoms with Gasteiger partial charge in [-0.15, -0.1) is 0 Å². The number of phenols is 1. The summed E-state index contributed by atoms with van der Waals surface area (Å²) in [5.74, 6) is -3.29. The summed E-state index contributed by atoms with van der Waals surface area (Å²) in [5.41, 5.74) is -0.274. The second kappa shape index (κ2) is 4.37. The summed E-state index contributed by atoms with van der Waals surface area (Å²) < 4.78 is 27.7. The van der Waals surface area contributed by atoms with Crippen molar-refractivity contribution >= 4 is 0 Å². The van der Waals surface area contributed by atoms with Gasteiger partial charge in [0.15, 0.2) is 0 Å². The van der Waals surface area contributed by atoms with Gasteiger partial charge in [0.25, 0.3) is 5.92 Å². The van der Waals surface area contributed by atoms with E-state index in [0.29, 0.717) is 0 Å². The summed E-state index contributed by atoms with van der Waals surface area (Å²) >= 11 is 0. The van der Waals surface area contributed by atoms with Gasteiger partial charge in [-0.1, -0.05) is 12.1 Å². The first-order chi connectivity index (χ1) is 7.59. The molecule has 1 aromatic rings. The summed E-state index contributed by atoms with van der Waals surface area (Å²) in [6.45, 7) is 0.807. The normalized spacial score (nSPS) is 21.2. The number of rotatable bonds is 3. The molecule has 0 spiro atoms. The first-order valence-corrected chi connectivity index (χ1v) is 5.49. The molecule has 0 amide bonds. The maximum Gasteiger partial charge on any atom is 0.278 e. The molecule has 88 valence electrons. The van der Waals surface area contributed by atoms with E-state index in [2.05, 4.69) is 5.32 Å². The molecule has 1 aliphatic rings. The highest BCUT2D eigenvalue weighted by Gasteiger charge is 2.37. The van der Waals surface area contributed by atoms with E-state index in [1.807, 2.05) is 0 Å². The third kappa shape index (κ3) is 2.32. The fraction of sp³-hybridized carbons (Fsp3) is 0.500. The number of benzene rings is 1. The number of phenolic OH excluding ortho intramolecular Hbond substituents is 1. The van der Waals surface area contributed by atoms with Crippen LogP contribution in [0.1, 0.15) is 24.8 Å². The molecule has 1 saturated heterocycles. The summed E-state index contributed by atoms with van der Waals surface area (Å²) in [5, 5.41) is 12.5. The Morgan fingerprint density at radius 3 is 2.75 bits per heavy atom. The molecule has 1 fully saturated rings. The van der Waals surface area contributed by atoms with E-state index in [9.17, 15) is 13.9 Å². The molecule has 0 aliphatic carbocycles. The minimum Gasteiger partial charge on any atom is -0.507 e. The van der Waals surface area contributed by atoms with Gasteiger partial charge < -0.3 is 10.4 Å². The molecule has 0 bridgehead atoms. The summed E-state index contributed by atoms with van der Waals surface area (Å²) in [4.78, 5) is 0. The van der Waals surface area contributed by atoms with E-state index in [1.165, 1.54) is 18.2 Å². The van der Waals surface area contributed by atoms with Crippen molar-refractivity contribution in [1.82, 2.24) is 5.32 Å². The van der Waals surface area contributed by atoms with Crippen molar-refractivity contribution in [3.05, 3.63) is 29.8 Å². The van der Waals surface area contributed by atoms with Crippen molar-refractivity contribution in [3.63, 3.8) is 0 Å². The van der Waals surface area contributed by atoms with Crippen LogP contribution in [0.2, 0.25) is 0 Å².